The lowest BCUT2D eigenvalue weighted by molar-refractivity contribution is -0.385. The number of nitro groups is 1. The van der Waals surface area contributed by atoms with Gasteiger partial charge in [0.2, 0.25) is 5.91 Å². The third-order valence-electron chi connectivity index (χ3n) is 2.56. The number of anilines is 1. The maximum atomic E-state index is 11.6. The smallest absolute Gasteiger partial charge is 0.274 e. The van der Waals surface area contributed by atoms with Gasteiger partial charge >= 0.3 is 0 Å². The third-order valence-corrected chi connectivity index (χ3v) is 2.56. The van der Waals surface area contributed by atoms with E-state index in [0.717, 1.165) is 0 Å². The first-order valence-corrected chi connectivity index (χ1v) is 5.22. The van der Waals surface area contributed by atoms with Crippen molar-refractivity contribution in [2.45, 2.75) is 13.8 Å². The number of rotatable bonds is 4. The van der Waals surface area contributed by atoms with Crippen molar-refractivity contribution in [2.24, 2.45) is 11.7 Å². The Bertz CT molecular complexity index is 451. The summed E-state index contributed by atoms with van der Waals surface area (Å²) in [5.41, 5.74) is 6.25. The van der Waals surface area contributed by atoms with E-state index < -0.39 is 4.92 Å². The average Bonchev–Trinajstić information content (AvgIpc) is 2.30. The number of nitrogens with two attached hydrogens (primary N) is 1. The zero-order chi connectivity index (χ0) is 13.0. The number of carbonyl (C=O) groups is 1. The highest BCUT2D eigenvalue weighted by Gasteiger charge is 2.16. The molecule has 0 radical (unpaired) electrons. The summed E-state index contributed by atoms with van der Waals surface area (Å²) in [6, 6.07) is 4.56. The monoisotopic (exact) mass is 273 g/mol. The summed E-state index contributed by atoms with van der Waals surface area (Å²) < 4.78 is 0. The van der Waals surface area contributed by atoms with Crippen molar-refractivity contribution >= 4 is 29.7 Å². The number of amides is 1. The Morgan fingerprint density at radius 1 is 1.56 bits per heavy atom. The molecule has 0 aliphatic heterocycles. The lowest BCUT2D eigenvalue weighted by atomic mass is 10.1. The fourth-order valence-electron chi connectivity index (χ4n) is 1.32. The van der Waals surface area contributed by atoms with E-state index in [1.165, 1.54) is 12.1 Å². The molecule has 1 rings (SSSR count). The SMILES string of the molecule is Cc1c(NC(=O)C(C)CN)cccc1[N+](=O)[O-].Cl. The highest BCUT2D eigenvalue weighted by molar-refractivity contribution is 5.93. The van der Waals surface area contributed by atoms with Crippen molar-refractivity contribution < 1.29 is 9.72 Å². The molecule has 0 saturated carbocycles. The molecule has 0 saturated heterocycles. The Labute approximate surface area is 111 Å². The molecule has 0 heterocycles. The number of nitrogens with zero attached hydrogens (tertiary/aromatic N) is 1. The molecule has 1 atom stereocenters. The van der Waals surface area contributed by atoms with E-state index in [2.05, 4.69) is 5.32 Å². The zero-order valence-corrected chi connectivity index (χ0v) is 11.0. The Morgan fingerprint density at radius 3 is 2.67 bits per heavy atom. The van der Waals surface area contributed by atoms with Crippen LogP contribution in [0.2, 0.25) is 0 Å². The minimum Gasteiger partial charge on any atom is -0.330 e. The summed E-state index contributed by atoms with van der Waals surface area (Å²) in [6.07, 6.45) is 0. The minimum atomic E-state index is -0.475. The van der Waals surface area contributed by atoms with E-state index in [1.54, 1.807) is 19.9 Å². The number of benzene rings is 1. The van der Waals surface area contributed by atoms with Gasteiger partial charge in [-0.1, -0.05) is 13.0 Å². The maximum absolute atomic E-state index is 11.6. The van der Waals surface area contributed by atoms with Crippen molar-refractivity contribution in [2.75, 3.05) is 11.9 Å². The predicted molar refractivity (Wildman–Crippen MR) is 71.9 cm³/mol. The fraction of sp³-hybridized carbons (Fsp3) is 0.364. The van der Waals surface area contributed by atoms with Crippen LogP contribution in [-0.4, -0.2) is 17.4 Å². The molecule has 0 fully saturated rings. The number of hydrogen-bond acceptors (Lipinski definition) is 4. The Hall–Kier alpha value is -1.66. The van der Waals surface area contributed by atoms with Crippen LogP contribution in [0.15, 0.2) is 18.2 Å². The van der Waals surface area contributed by atoms with Gasteiger partial charge in [0.25, 0.3) is 5.69 Å². The summed E-state index contributed by atoms with van der Waals surface area (Å²) in [4.78, 5) is 21.9. The average molecular weight is 274 g/mol. The van der Waals surface area contributed by atoms with Gasteiger partial charge in [0.05, 0.1) is 16.2 Å². The lowest BCUT2D eigenvalue weighted by Gasteiger charge is -2.11. The van der Waals surface area contributed by atoms with Crippen LogP contribution < -0.4 is 11.1 Å². The van der Waals surface area contributed by atoms with E-state index in [0.29, 0.717) is 11.3 Å². The van der Waals surface area contributed by atoms with Crippen LogP contribution in [0.3, 0.4) is 0 Å². The third kappa shape index (κ3) is 3.68. The van der Waals surface area contributed by atoms with Crippen LogP contribution in [0.25, 0.3) is 0 Å². The minimum absolute atomic E-state index is 0. The summed E-state index contributed by atoms with van der Waals surface area (Å²) >= 11 is 0. The summed E-state index contributed by atoms with van der Waals surface area (Å²) in [5.74, 6) is -0.565. The van der Waals surface area contributed by atoms with Crippen LogP contribution in [0.4, 0.5) is 11.4 Å². The van der Waals surface area contributed by atoms with Crippen LogP contribution >= 0.6 is 12.4 Å². The molecule has 7 heteroatoms. The fourth-order valence-corrected chi connectivity index (χ4v) is 1.32. The highest BCUT2D eigenvalue weighted by Crippen LogP contribution is 2.25. The van der Waals surface area contributed by atoms with Crippen LogP contribution in [0.1, 0.15) is 12.5 Å². The van der Waals surface area contributed by atoms with Gasteiger partial charge in [0.15, 0.2) is 0 Å². The first-order valence-electron chi connectivity index (χ1n) is 5.22. The van der Waals surface area contributed by atoms with Crippen molar-refractivity contribution in [1.82, 2.24) is 0 Å². The van der Waals surface area contributed by atoms with Gasteiger partial charge in [0, 0.05) is 18.5 Å². The number of carbonyl (C=O) groups excluding carboxylic acids is 1. The van der Waals surface area contributed by atoms with Crippen molar-refractivity contribution in [3.8, 4) is 0 Å². The summed E-state index contributed by atoms with van der Waals surface area (Å²) in [6.45, 7) is 3.53. The van der Waals surface area contributed by atoms with Crippen LogP contribution in [0.5, 0.6) is 0 Å². The lowest BCUT2D eigenvalue weighted by Crippen LogP contribution is -2.27. The van der Waals surface area contributed by atoms with Crippen LogP contribution in [-0.2, 0) is 4.79 Å². The van der Waals surface area contributed by atoms with Gasteiger partial charge in [-0.3, -0.25) is 14.9 Å². The first kappa shape index (κ1) is 16.3. The molecular weight excluding hydrogens is 258 g/mol. The number of halogens is 1. The number of nitro benzene ring substituents is 1. The van der Waals surface area contributed by atoms with Gasteiger partial charge in [-0.05, 0) is 13.0 Å². The Kier molecular flexibility index (Phi) is 6.29. The van der Waals surface area contributed by atoms with E-state index >= 15 is 0 Å². The van der Waals surface area contributed by atoms with E-state index in [1.807, 2.05) is 0 Å². The number of nitrogens with one attached hydrogen (secondary N) is 1. The molecule has 3 N–H and O–H groups in total. The number of hydrogen-bond donors (Lipinski definition) is 2. The van der Waals surface area contributed by atoms with E-state index in [9.17, 15) is 14.9 Å². The van der Waals surface area contributed by atoms with Gasteiger partial charge in [-0.2, -0.15) is 0 Å². The molecule has 1 unspecified atom stereocenters. The largest absolute Gasteiger partial charge is 0.330 e. The highest BCUT2D eigenvalue weighted by atomic mass is 35.5. The molecule has 0 aliphatic carbocycles. The molecule has 18 heavy (non-hydrogen) atoms. The zero-order valence-electron chi connectivity index (χ0n) is 10.2. The van der Waals surface area contributed by atoms with Gasteiger partial charge in [-0.25, -0.2) is 0 Å². The standard InChI is InChI=1S/C11H15N3O3.ClH/c1-7(6-12)11(15)13-9-4-3-5-10(8(9)2)14(16)17;/h3-5,7H,6,12H2,1-2H3,(H,13,15);1H. The van der Waals surface area contributed by atoms with Crippen LogP contribution in [0, 0.1) is 23.0 Å². The molecular formula is C11H16ClN3O3. The van der Waals surface area contributed by atoms with E-state index in [4.69, 9.17) is 5.73 Å². The van der Waals surface area contributed by atoms with Gasteiger partial charge in [0.1, 0.15) is 0 Å². The molecule has 0 aliphatic rings. The second kappa shape index (κ2) is 6.93. The first-order chi connectivity index (χ1) is 7.97. The normalized spacial score (nSPS) is 11.3. The summed E-state index contributed by atoms with van der Waals surface area (Å²) in [5, 5.41) is 13.4. The molecule has 100 valence electrons. The molecule has 1 aromatic rings. The second-order valence-corrected chi connectivity index (χ2v) is 3.83. The quantitative estimate of drug-likeness (QED) is 0.646. The van der Waals surface area contributed by atoms with Crippen molar-refractivity contribution in [3.05, 3.63) is 33.9 Å². The Morgan fingerprint density at radius 2 is 2.17 bits per heavy atom. The second-order valence-electron chi connectivity index (χ2n) is 3.83. The molecule has 0 bridgehead atoms. The predicted octanol–water partition coefficient (Wildman–Crippen LogP) is 1.86. The molecule has 1 amide bonds. The topological polar surface area (TPSA) is 98.3 Å². The van der Waals surface area contributed by atoms with Crippen molar-refractivity contribution in [3.63, 3.8) is 0 Å². The molecule has 1 aromatic carbocycles. The van der Waals surface area contributed by atoms with E-state index in [-0.39, 0.29) is 36.5 Å². The summed E-state index contributed by atoms with van der Waals surface area (Å²) in [7, 11) is 0. The maximum Gasteiger partial charge on any atom is 0.274 e. The Balaban J connectivity index is 0.00000289. The molecule has 6 nitrogen and oxygen atoms in total. The molecule has 0 aromatic heterocycles. The molecule has 0 spiro atoms. The van der Waals surface area contributed by atoms with Crippen molar-refractivity contribution in [1.29, 1.82) is 0 Å². The van der Waals surface area contributed by atoms with Gasteiger partial charge in [-0.15, -0.1) is 12.4 Å². The van der Waals surface area contributed by atoms with Gasteiger partial charge < -0.3 is 11.1 Å².